The van der Waals surface area contributed by atoms with Gasteiger partial charge < -0.3 is 15.6 Å². The van der Waals surface area contributed by atoms with Crippen LogP contribution >= 0.6 is 0 Å². The monoisotopic (exact) mass is 306 g/mol. The first-order valence-electron chi connectivity index (χ1n) is 7.50. The Morgan fingerprint density at radius 3 is 2.82 bits per heavy atom. The predicted octanol–water partition coefficient (Wildman–Crippen LogP) is 1.79. The smallest absolute Gasteiger partial charge is 0.320 e. The average molecular weight is 306 g/mol. The molecule has 6 heteroatoms. The Labute approximate surface area is 129 Å². The second-order valence-corrected chi connectivity index (χ2v) is 5.46. The minimum atomic E-state index is -0.872. The van der Waals surface area contributed by atoms with Gasteiger partial charge in [-0.15, -0.1) is 0 Å². The van der Waals surface area contributed by atoms with Crippen LogP contribution in [0.4, 0.5) is 5.69 Å². The normalized spacial score (nSPS) is 19.8. The summed E-state index contributed by atoms with van der Waals surface area (Å²) in [6.07, 6.45) is 1.37. The number of carbonyl (C=O) groups excluding carboxylic acids is 1. The van der Waals surface area contributed by atoms with Crippen LogP contribution in [-0.4, -0.2) is 47.0 Å². The third-order valence-electron chi connectivity index (χ3n) is 4.05. The Kier molecular flexibility index (Phi) is 5.03. The van der Waals surface area contributed by atoms with E-state index in [0.717, 1.165) is 6.42 Å². The van der Waals surface area contributed by atoms with E-state index in [-0.39, 0.29) is 5.78 Å². The molecule has 120 valence electrons. The molecular formula is C16H22N2O4. The van der Waals surface area contributed by atoms with Crippen LogP contribution in [0.2, 0.25) is 0 Å². The van der Waals surface area contributed by atoms with E-state index in [4.69, 9.17) is 10.5 Å². The van der Waals surface area contributed by atoms with Crippen molar-refractivity contribution in [3.8, 4) is 5.75 Å². The molecule has 0 radical (unpaired) electrons. The summed E-state index contributed by atoms with van der Waals surface area (Å²) in [4.78, 5) is 25.6. The molecule has 0 aliphatic carbocycles. The number of nitrogens with zero attached hydrogens (tertiary/aromatic N) is 1. The van der Waals surface area contributed by atoms with Crippen molar-refractivity contribution in [2.75, 3.05) is 18.9 Å². The SMILES string of the molecule is CCOc1ccc(C(=O)C(C)N2CCCC2C(=O)O)cc1N. The Balaban J connectivity index is 2.17. The largest absolute Gasteiger partial charge is 0.492 e. The fraction of sp³-hybridized carbons (Fsp3) is 0.500. The molecule has 1 aliphatic rings. The molecule has 1 saturated heterocycles. The fourth-order valence-electron chi connectivity index (χ4n) is 2.90. The molecule has 0 aromatic heterocycles. The molecular weight excluding hydrogens is 284 g/mol. The van der Waals surface area contributed by atoms with E-state index in [2.05, 4.69) is 0 Å². The zero-order valence-electron chi connectivity index (χ0n) is 12.9. The molecule has 6 nitrogen and oxygen atoms in total. The van der Waals surface area contributed by atoms with Crippen molar-refractivity contribution in [3.63, 3.8) is 0 Å². The number of likely N-dealkylation sites (tertiary alicyclic amines) is 1. The van der Waals surface area contributed by atoms with Gasteiger partial charge in [-0.3, -0.25) is 14.5 Å². The first-order valence-corrected chi connectivity index (χ1v) is 7.50. The zero-order valence-corrected chi connectivity index (χ0v) is 12.9. The third kappa shape index (κ3) is 3.22. The van der Waals surface area contributed by atoms with Crippen molar-refractivity contribution in [3.05, 3.63) is 23.8 Å². The summed E-state index contributed by atoms with van der Waals surface area (Å²) < 4.78 is 5.36. The van der Waals surface area contributed by atoms with Crippen molar-refractivity contribution in [2.45, 2.75) is 38.8 Å². The molecule has 0 amide bonds. The lowest BCUT2D eigenvalue weighted by atomic mass is 10.0. The number of rotatable bonds is 6. The number of aliphatic carboxylic acids is 1. The lowest BCUT2D eigenvalue weighted by molar-refractivity contribution is -0.142. The van der Waals surface area contributed by atoms with Gasteiger partial charge in [0.15, 0.2) is 5.78 Å². The number of Topliss-reactive ketones (excluding diaryl/α,β-unsaturated/α-hetero) is 1. The topological polar surface area (TPSA) is 92.9 Å². The number of hydrogen-bond acceptors (Lipinski definition) is 5. The third-order valence-corrected chi connectivity index (χ3v) is 4.05. The molecule has 22 heavy (non-hydrogen) atoms. The van der Waals surface area contributed by atoms with E-state index in [1.165, 1.54) is 0 Å². The minimum absolute atomic E-state index is 0.122. The van der Waals surface area contributed by atoms with Gasteiger partial charge in [-0.2, -0.15) is 0 Å². The van der Waals surface area contributed by atoms with Gasteiger partial charge in [0, 0.05) is 5.56 Å². The Morgan fingerprint density at radius 1 is 1.50 bits per heavy atom. The van der Waals surface area contributed by atoms with Crippen LogP contribution in [0.1, 0.15) is 37.0 Å². The maximum atomic E-state index is 12.6. The summed E-state index contributed by atoms with van der Waals surface area (Å²) in [6.45, 7) is 4.73. The van der Waals surface area contributed by atoms with E-state index in [1.54, 1.807) is 30.0 Å². The van der Waals surface area contributed by atoms with Crippen LogP contribution in [0.3, 0.4) is 0 Å². The van der Waals surface area contributed by atoms with E-state index < -0.39 is 18.1 Å². The summed E-state index contributed by atoms with van der Waals surface area (Å²) in [5.74, 6) is -0.442. The molecule has 0 spiro atoms. The van der Waals surface area contributed by atoms with Crippen LogP contribution < -0.4 is 10.5 Å². The summed E-state index contributed by atoms with van der Waals surface area (Å²) in [7, 11) is 0. The van der Waals surface area contributed by atoms with Crippen LogP contribution in [0.5, 0.6) is 5.75 Å². The second kappa shape index (κ2) is 6.79. The quantitative estimate of drug-likeness (QED) is 0.615. The van der Waals surface area contributed by atoms with E-state index in [9.17, 15) is 14.7 Å². The zero-order chi connectivity index (χ0) is 16.3. The number of carboxylic acid groups (broad SMARTS) is 1. The molecule has 1 aromatic carbocycles. The Bertz CT molecular complexity index is 573. The molecule has 2 rings (SSSR count). The summed E-state index contributed by atoms with van der Waals surface area (Å²) in [5.41, 5.74) is 6.78. The highest BCUT2D eigenvalue weighted by atomic mass is 16.5. The number of ether oxygens (including phenoxy) is 1. The molecule has 2 unspecified atom stereocenters. The van der Waals surface area contributed by atoms with Crippen LogP contribution in [0.25, 0.3) is 0 Å². The Hall–Kier alpha value is -2.08. The molecule has 1 fully saturated rings. The van der Waals surface area contributed by atoms with Gasteiger partial charge in [-0.25, -0.2) is 0 Å². The van der Waals surface area contributed by atoms with Crippen LogP contribution in [0.15, 0.2) is 18.2 Å². The molecule has 2 atom stereocenters. The van der Waals surface area contributed by atoms with E-state index >= 15 is 0 Å². The number of ketones is 1. The van der Waals surface area contributed by atoms with Crippen LogP contribution in [0, 0.1) is 0 Å². The standard InChI is InChI=1S/C16H22N2O4/c1-3-22-14-7-6-11(9-12(14)17)15(19)10(2)18-8-4-5-13(18)16(20)21/h6-7,9-10,13H,3-5,8,17H2,1-2H3,(H,20,21). The maximum Gasteiger partial charge on any atom is 0.320 e. The first-order chi connectivity index (χ1) is 10.5. The van der Waals surface area contributed by atoms with Crippen molar-refractivity contribution in [2.24, 2.45) is 0 Å². The molecule has 3 N–H and O–H groups in total. The predicted molar refractivity (Wildman–Crippen MR) is 83.2 cm³/mol. The summed E-state index contributed by atoms with van der Waals surface area (Å²) in [6, 6.07) is 3.87. The lowest BCUT2D eigenvalue weighted by Crippen LogP contribution is -2.45. The highest BCUT2D eigenvalue weighted by Crippen LogP contribution is 2.26. The molecule has 1 aromatic rings. The lowest BCUT2D eigenvalue weighted by Gasteiger charge is -2.27. The fourth-order valence-corrected chi connectivity index (χ4v) is 2.90. The number of anilines is 1. The van der Waals surface area contributed by atoms with E-state index in [1.807, 2.05) is 6.92 Å². The van der Waals surface area contributed by atoms with E-state index in [0.29, 0.717) is 36.6 Å². The molecule has 1 heterocycles. The summed E-state index contributed by atoms with van der Waals surface area (Å²) >= 11 is 0. The van der Waals surface area contributed by atoms with Crippen molar-refractivity contribution >= 4 is 17.4 Å². The van der Waals surface area contributed by atoms with Gasteiger partial charge in [0.2, 0.25) is 0 Å². The molecule has 1 aliphatic heterocycles. The summed E-state index contributed by atoms with van der Waals surface area (Å²) in [5, 5.41) is 9.23. The highest BCUT2D eigenvalue weighted by molar-refractivity contribution is 6.01. The number of nitrogens with two attached hydrogens (primary N) is 1. The minimum Gasteiger partial charge on any atom is -0.492 e. The van der Waals surface area contributed by atoms with Gasteiger partial charge in [0.1, 0.15) is 11.8 Å². The molecule has 0 bridgehead atoms. The van der Waals surface area contributed by atoms with Gasteiger partial charge in [0.05, 0.1) is 18.3 Å². The maximum absolute atomic E-state index is 12.6. The Morgan fingerprint density at radius 2 is 2.23 bits per heavy atom. The van der Waals surface area contributed by atoms with Gasteiger partial charge in [-0.1, -0.05) is 0 Å². The van der Waals surface area contributed by atoms with Crippen molar-refractivity contribution in [1.29, 1.82) is 0 Å². The van der Waals surface area contributed by atoms with Crippen molar-refractivity contribution in [1.82, 2.24) is 4.90 Å². The van der Waals surface area contributed by atoms with Gasteiger partial charge >= 0.3 is 5.97 Å². The van der Waals surface area contributed by atoms with Gasteiger partial charge in [-0.05, 0) is 51.4 Å². The average Bonchev–Trinajstić information content (AvgIpc) is 2.97. The number of carbonyl (C=O) groups is 2. The number of carboxylic acids is 1. The number of nitrogen functional groups attached to an aromatic ring is 1. The van der Waals surface area contributed by atoms with Crippen LogP contribution in [-0.2, 0) is 4.79 Å². The number of benzene rings is 1. The molecule has 0 saturated carbocycles. The van der Waals surface area contributed by atoms with Gasteiger partial charge in [0.25, 0.3) is 0 Å². The van der Waals surface area contributed by atoms with Crippen molar-refractivity contribution < 1.29 is 19.4 Å². The second-order valence-electron chi connectivity index (χ2n) is 5.46. The first kappa shape index (κ1) is 16.3. The highest BCUT2D eigenvalue weighted by Gasteiger charge is 2.36. The number of hydrogen-bond donors (Lipinski definition) is 2.